The third kappa shape index (κ3) is 8.18. The van der Waals surface area contributed by atoms with Gasteiger partial charge in [0.25, 0.3) is 0 Å². The first kappa shape index (κ1) is 29.0. The number of anilines is 1. The topological polar surface area (TPSA) is 96.0 Å². The second-order valence-electron chi connectivity index (χ2n) is 8.75. The predicted octanol–water partition coefficient (Wildman–Crippen LogP) is 3.46. The number of carbonyl (C=O) groups excluding carboxylic acids is 2. The van der Waals surface area contributed by atoms with Gasteiger partial charge in [-0.15, -0.1) is 0 Å². The molecule has 8 nitrogen and oxygen atoms in total. The van der Waals surface area contributed by atoms with Crippen molar-refractivity contribution < 1.29 is 31.5 Å². The number of hydrogen-bond acceptors (Lipinski definition) is 5. The van der Waals surface area contributed by atoms with E-state index >= 15 is 0 Å². The molecule has 0 spiro atoms. The Morgan fingerprint density at radius 1 is 1.03 bits per heavy atom. The van der Waals surface area contributed by atoms with Crippen molar-refractivity contribution in [1.29, 1.82) is 0 Å². The molecule has 0 bridgehead atoms. The van der Waals surface area contributed by atoms with Gasteiger partial charge in [-0.3, -0.25) is 13.9 Å². The van der Waals surface area contributed by atoms with E-state index in [2.05, 4.69) is 5.32 Å². The van der Waals surface area contributed by atoms with Crippen molar-refractivity contribution in [1.82, 2.24) is 10.2 Å². The molecule has 2 amide bonds. The van der Waals surface area contributed by atoms with Crippen LogP contribution in [-0.4, -0.2) is 57.1 Å². The van der Waals surface area contributed by atoms with E-state index in [1.165, 1.54) is 4.90 Å². The number of nitrogens with zero attached hydrogens (tertiary/aromatic N) is 2. The number of rotatable bonds is 12. The van der Waals surface area contributed by atoms with Crippen molar-refractivity contribution in [2.45, 2.75) is 52.2 Å². The zero-order chi connectivity index (χ0) is 27.0. The zero-order valence-corrected chi connectivity index (χ0v) is 21.9. The number of benzene rings is 2. The minimum absolute atomic E-state index is 0.0383. The van der Waals surface area contributed by atoms with Gasteiger partial charge in [-0.05, 0) is 57.0 Å². The molecule has 2 aromatic rings. The number of hydrogen-bond donors (Lipinski definition) is 1. The van der Waals surface area contributed by atoms with Gasteiger partial charge in [-0.2, -0.15) is 0 Å². The van der Waals surface area contributed by atoms with Crippen LogP contribution in [-0.2, 0) is 26.2 Å². The Morgan fingerprint density at radius 2 is 1.67 bits per heavy atom. The molecule has 0 aromatic heterocycles. The molecule has 0 aliphatic carbocycles. The van der Waals surface area contributed by atoms with Crippen molar-refractivity contribution in [3.05, 3.63) is 59.7 Å². The average Bonchev–Trinajstić information content (AvgIpc) is 2.80. The van der Waals surface area contributed by atoms with E-state index in [0.29, 0.717) is 5.75 Å². The Balaban J connectivity index is 2.18. The second kappa shape index (κ2) is 12.7. The molecule has 0 aliphatic rings. The van der Waals surface area contributed by atoms with Crippen LogP contribution in [0.1, 0.15) is 39.2 Å². The molecule has 1 N–H and O–H groups in total. The molecule has 0 saturated carbocycles. The molecule has 0 heterocycles. The maximum absolute atomic E-state index is 13.7. The Morgan fingerprint density at radius 3 is 2.19 bits per heavy atom. The molecule has 0 radical (unpaired) electrons. The molecular weight excluding hydrogens is 492 g/mol. The lowest BCUT2D eigenvalue weighted by atomic mass is 10.1. The first-order chi connectivity index (χ1) is 16.8. The lowest BCUT2D eigenvalue weighted by Gasteiger charge is -2.30. The summed E-state index contributed by atoms with van der Waals surface area (Å²) in [5.74, 6) is -2.28. The van der Waals surface area contributed by atoms with Crippen LogP contribution in [0, 0.1) is 11.6 Å². The predicted molar refractivity (Wildman–Crippen MR) is 134 cm³/mol. The SMILES string of the molecule is COc1ccc(CN(C(=O)CCCN(c2ccc(F)c(F)c2)S(C)(=O)=O)[C@H](C)C(=O)NC(C)C)cc1. The highest BCUT2D eigenvalue weighted by Crippen LogP contribution is 2.22. The summed E-state index contributed by atoms with van der Waals surface area (Å²) >= 11 is 0. The van der Waals surface area contributed by atoms with Crippen molar-refractivity contribution in [2.24, 2.45) is 0 Å². The summed E-state index contributed by atoms with van der Waals surface area (Å²) in [6, 6.07) is 9.01. The van der Waals surface area contributed by atoms with Gasteiger partial charge in [0.15, 0.2) is 11.6 Å². The fourth-order valence-corrected chi connectivity index (χ4v) is 4.52. The smallest absolute Gasteiger partial charge is 0.242 e. The summed E-state index contributed by atoms with van der Waals surface area (Å²) in [5, 5.41) is 2.80. The molecule has 0 fully saturated rings. The largest absolute Gasteiger partial charge is 0.497 e. The molecule has 1 atom stereocenters. The fraction of sp³-hybridized carbons (Fsp3) is 0.440. The number of methoxy groups -OCH3 is 1. The number of sulfonamides is 1. The van der Waals surface area contributed by atoms with Gasteiger partial charge in [0.2, 0.25) is 21.8 Å². The van der Waals surface area contributed by atoms with Gasteiger partial charge >= 0.3 is 0 Å². The average molecular weight is 526 g/mol. The summed E-state index contributed by atoms with van der Waals surface area (Å²) in [6.45, 7) is 5.30. The Bertz CT molecular complexity index is 1160. The van der Waals surface area contributed by atoms with Crippen LogP contribution < -0.4 is 14.4 Å². The first-order valence-corrected chi connectivity index (χ1v) is 13.3. The third-order valence-electron chi connectivity index (χ3n) is 5.45. The van der Waals surface area contributed by atoms with Crippen LogP contribution in [0.5, 0.6) is 5.75 Å². The van der Waals surface area contributed by atoms with Crippen molar-refractivity contribution in [2.75, 3.05) is 24.2 Å². The molecule has 36 heavy (non-hydrogen) atoms. The maximum Gasteiger partial charge on any atom is 0.242 e. The summed E-state index contributed by atoms with van der Waals surface area (Å²) in [5.41, 5.74) is 0.747. The molecular formula is C25H33F2N3O5S. The van der Waals surface area contributed by atoms with Crippen molar-refractivity contribution in [3.63, 3.8) is 0 Å². The fourth-order valence-electron chi connectivity index (χ4n) is 3.56. The highest BCUT2D eigenvalue weighted by molar-refractivity contribution is 7.92. The third-order valence-corrected chi connectivity index (χ3v) is 6.65. The Kier molecular flexibility index (Phi) is 10.2. The molecule has 11 heteroatoms. The van der Waals surface area contributed by atoms with E-state index in [9.17, 15) is 26.8 Å². The number of carbonyl (C=O) groups is 2. The summed E-state index contributed by atoms with van der Waals surface area (Å²) < 4.78 is 57.7. The zero-order valence-electron chi connectivity index (χ0n) is 21.1. The van der Waals surface area contributed by atoms with Crippen LogP contribution in [0.15, 0.2) is 42.5 Å². The van der Waals surface area contributed by atoms with Crippen molar-refractivity contribution >= 4 is 27.5 Å². The summed E-state index contributed by atoms with van der Waals surface area (Å²) in [6.07, 6.45) is 0.984. The molecule has 2 aromatic carbocycles. The Labute approximate surface area is 211 Å². The van der Waals surface area contributed by atoms with Crippen LogP contribution in [0.2, 0.25) is 0 Å². The maximum atomic E-state index is 13.7. The van der Waals surface area contributed by atoms with Gasteiger partial charge in [0, 0.05) is 31.6 Å². The monoisotopic (exact) mass is 525 g/mol. The van der Waals surface area contributed by atoms with E-state index in [1.54, 1.807) is 38.3 Å². The number of nitrogens with one attached hydrogen (secondary N) is 1. The quantitative estimate of drug-likeness (QED) is 0.458. The minimum Gasteiger partial charge on any atom is -0.497 e. The highest BCUT2D eigenvalue weighted by atomic mass is 32.2. The van der Waals surface area contributed by atoms with Crippen LogP contribution in [0.25, 0.3) is 0 Å². The normalized spacial score (nSPS) is 12.2. The van der Waals surface area contributed by atoms with E-state index in [-0.39, 0.29) is 49.5 Å². The Hall–Kier alpha value is -3.21. The molecule has 0 unspecified atom stereocenters. The van der Waals surface area contributed by atoms with Gasteiger partial charge in [-0.1, -0.05) is 12.1 Å². The van der Waals surface area contributed by atoms with Gasteiger partial charge < -0.3 is 15.0 Å². The molecule has 0 saturated heterocycles. The minimum atomic E-state index is -3.82. The van der Waals surface area contributed by atoms with Crippen LogP contribution in [0.4, 0.5) is 14.5 Å². The second-order valence-corrected chi connectivity index (χ2v) is 10.7. The highest BCUT2D eigenvalue weighted by Gasteiger charge is 2.27. The molecule has 0 aliphatic heterocycles. The number of halogens is 2. The summed E-state index contributed by atoms with van der Waals surface area (Å²) in [4.78, 5) is 27.3. The summed E-state index contributed by atoms with van der Waals surface area (Å²) in [7, 11) is -2.28. The van der Waals surface area contributed by atoms with E-state index in [1.807, 2.05) is 13.8 Å². The van der Waals surface area contributed by atoms with Gasteiger partial charge in [0.05, 0.1) is 19.1 Å². The van der Waals surface area contributed by atoms with Crippen LogP contribution in [0.3, 0.4) is 0 Å². The number of ether oxygens (including phenoxy) is 1. The van der Waals surface area contributed by atoms with E-state index in [4.69, 9.17) is 4.74 Å². The van der Waals surface area contributed by atoms with Crippen molar-refractivity contribution in [3.8, 4) is 5.75 Å². The van der Waals surface area contributed by atoms with E-state index in [0.717, 1.165) is 34.3 Å². The molecule has 198 valence electrons. The number of amides is 2. The van der Waals surface area contributed by atoms with Crippen LogP contribution >= 0.6 is 0 Å². The lowest BCUT2D eigenvalue weighted by Crippen LogP contribution is -2.49. The van der Waals surface area contributed by atoms with Gasteiger partial charge in [-0.25, -0.2) is 17.2 Å². The first-order valence-electron chi connectivity index (χ1n) is 11.5. The lowest BCUT2D eigenvalue weighted by molar-refractivity contribution is -0.140. The standard InChI is InChI=1S/C25H33F2N3O5S/c1-17(2)28-25(32)18(3)29(16-19-8-11-21(35-4)12-9-19)24(31)7-6-14-30(36(5,33)34)20-10-13-22(26)23(27)15-20/h8-13,15,17-18H,6-7,14,16H2,1-5H3,(H,28,32)/t18-/m1/s1. The molecule has 2 rings (SSSR count). The van der Waals surface area contributed by atoms with E-state index < -0.39 is 27.7 Å². The van der Waals surface area contributed by atoms with Gasteiger partial charge in [0.1, 0.15) is 11.8 Å².